The number of hydrogen-bond acceptors (Lipinski definition) is 5. The highest BCUT2D eigenvalue weighted by molar-refractivity contribution is 7.22. The number of fused-ring (bicyclic) bond motifs is 1. The normalized spacial score (nSPS) is 18.1. The number of nitrogens with zero attached hydrogens (tertiary/aromatic N) is 3. The van der Waals surface area contributed by atoms with Gasteiger partial charge in [0.05, 0.1) is 16.4 Å². The molecule has 5 rings (SSSR count). The lowest BCUT2D eigenvalue weighted by Gasteiger charge is -2.10. The molecule has 2 atom stereocenters. The summed E-state index contributed by atoms with van der Waals surface area (Å²) in [7, 11) is 4.13. The van der Waals surface area contributed by atoms with E-state index in [4.69, 9.17) is 0 Å². The maximum atomic E-state index is 12.7. The minimum Gasteiger partial charge on any atom is -0.305 e. The minimum absolute atomic E-state index is 0.0261. The number of hydrogen-bond donors (Lipinski definition) is 2. The molecule has 0 radical (unpaired) electrons. The second-order valence-electron chi connectivity index (χ2n) is 8.11. The first-order chi connectivity index (χ1) is 14.6. The molecule has 2 aromatic carbocycles. The predicted molar refractivity (Wildman–Crippen MR) is 121 cm³/mol. The van der Waals surface area contributed by atoms with E-state index in [1.807, 2.05) is 18.3 Å². The van der Waals surface area contributed by atoms with Crippen LogP contribution in [0.5, 0.6) is 0 Å². The summed E-state index contributed by atoms with van der Waals surface area (Å²) in [4.78, 5) is 19.5. The third-order valence-corrected chi connectivity index (χ3v) is 6.42. The van der Waals surface area contributed by atoms with Gasteiger partial charge in [0.25, 0.3) is 0 Å². The van der Waals surface area contributed by atoms with Crippen molar-refractivity contribution < 1.29 is 4.79 Å². The van der Waals surface area contributed by atoms with Crippen molar-refractivity contribution in [1.29, 1.82) is 0 Å². The van der Waals surface area contributed by atoms with E-state index in [2.05, 4.69) is 69.8 Å². The van der Waals surface area contributed by atoms with Gasteiger partial charge in [-0.05, 0) is 55.3 Å². The molecule has 2 heterocycles. The molecule has 0 bridgehead atoms. The molecule has 152 valence electrons. The summed E-state index contributed by atoms with van der Waals surface area (Å²) in [5, 5.41) is 10.5. The van der Waals surface area contributed by atoms with Crippen molar-refractivity contribution in [3.8, 4) is 11.1 Å². The molecule has 1 saturated carbocycles. The number of benzene rings is 2. The maximum absolute atomic E-state index is 12.7. The average Bonchev–Trinajstić information content (AvgIpc) is 3.15. The summed E-state index contributed by atoms with van der Waals surface area (Å²) in [5.74, 6) is 0.394. The Bertz CT molecular complexity index is 1180. The molecule has 0 spiro atoms. The van der Waals surface area contributed by atoms with Crippen LogP contribution in [0.1, 0.15) is 23.5 Å². The van der Waals surface area contributed by atoms with E-state index in [-0.39, 0.29) is 11.8 Å². The Balaban J connectivity index is 1.25. The average molecular weight is 418 g/mol. The summed E-state index contributed by atoms with van der Waals surface area (Å²) >= 11 is 1.51. The monoisotopic (exact) mass is 417 g/mol. The topological polar surface area (TPSA) is 73.9 Å². The van der Waals surface area contributed by atoms with Gasteiger partial charge in [-0.1, -0.05) is 41.7 Å². The van der Waals surface area contributed by atoms with E-state index in [9.17, 15) is 4.79 Å². The zero-order valence-corrected chi connectivity index (χ0v) is 17.7. The summed E-state index contributed by atoms with van der Waals surface area (Å²) in [6.45, 7) is 0.925. The minimum atomic E-state index is 0.0261. The van der Waals surface area contributed by atoms with Crippen molar-refractivity contribution in [2.45, 2.75) is 18.9 Å². The number of rotatable bonds is 6. The van der Waals surface area contributed by atoms with Crippen molar-refractivity contribution in [3.63, 3.8) is 0 Å². The van der Waals surface area contributed by atoms with Crippen LogP contribution < -0.4 is 5.32 Å². The first kappa shape index (κ1) is 19.0. The third-order valence-electron chi connectivity index (χ3n) is 5.48. The van der Waals surface area contributed by atoms with Crippen LogP contribution in [0.15, 0.2) is 54.9 Å². The van der Waals surface area contributed by atoms with E-state index in [1.54, 1.807) is 6.20 Å². The zero-order valence-electron chi connectivity index (χ0n) is 16.9. The fourth-order valence-electron chi connectivity index (χ4n) is 3.85. The number of H-pyrrole nitrogens is 1. The van der Waals surface area contributed by atoms with Crippen LogP contribution in [0.4, 0.5) is 5.13 Å². The highest BCUT2D eigenvalue weighted by Crippen LogP contribution is 2.48. The molecule has 30 heavy (non-hydrogen) atoms. The first-order valence-electron chi connectivity index (χ1n) is 10.0. The molecule has 1 amide bonds. The molecule has 1 aliphatic rings. The molecule has 0 aliphatic heterocycles. The standard InChI is InChI=1S/C23H23N5OS/c1-28(2)13-14-3-5-15(6-4-14)18-10-19(18)22(29)27-23-26-20-8-7-16(9-21(20)30-23)17-11-24-25-12-17/h3-9,11-12,18-19H,10,13H2,1-2H3,(H,24,25)(H,26,27,29)/t18-,19+/m1/s1. The largest absolute Gasteiger partial charge is 0.305 e. The summed E-state index contributed by atoms with van der Waals surface area (Å²) in [5.41, 5.74) is 5.54. The van der Waals surface area contributed by atoms with Crippen LogP contribution in [-0.2, 0) is 11.3 Å². The number of carbonyl (C=O) groups is 1. The van der Waals surface area contributed by atoms with Gasteiger partial charge in [0.15, 0.2) is 5.13 Å². The number of thiazole rings is 1. The van der Waals surface area contributed by atoms with Gasteiger partial charge in [-0.25, -0.2) is 4.98 Å². The van der Waals surface area contributed by atoms with Crippen LogP contribution in [-0.4, -0.2) is 40.1 Å². The number of anilines is 1. The van der Waals surface area contributed by atoms with Crippen molar-refractivity contribution in [2.24, 2.45) is 5.92 Å². The molecule has 2 N–H and O–H groups in total. The van der Waals surface area contributed by atoms with Crippen LogP contribution in [0.25, 0.3) is 21.3 Å². The van der Waals surface area contributed by atoms with Gasteiger partial charge < -0.3 is 10.2 Å². The molecule has 4 aromatic rings. The van der Waals surface area contributed by atoms with Crippen LogP contribution in [0.2, 0.25) is 0 Å². The van der Waals surface area contributed by atoms with Gasteiger partial charge in [-0.3, -0.25) is 9.89 Å². The quantitative estimate of drug-likeness (QED) is 0.485. The van der Waals surface area contributed by atoms with Crippen molar-refractivity contribution in [2.75, 3.05) is 19.4 Å². The van der Waals surface area contributed by atoms with Gasteiger partial charge >= 0.3 is 0 Å². The van der Waals surface area contributed by atoms with Crippen molar-refractivity contribution in [1.82, 2.24) is 20.1 Å². The number of amides is 1. The summed E-state index contributed by atoms with van der Waals surface area (Å²) in [6, 6.07) is 14.7. The lowest BCUT2D eigenvalue weighted by molar-refractivity contribution is -0.117. The Kier molecular flexibility index (Phi) is 4.84. The molecule has 1 aliphatic carbocycles. The van der Waals surface area contributed by atoms with Crippen LogP contribution in [0.3, 0.4) is 0 Å². The number of carbonyl (C=O) groups excluding carboxylic acids is 1. The molecular weight excluding hydrogens is 394 g/mol. The number of aromatic nitrogens is 3. The van der Waals surface area contributed by atoms with Gasteiger partial charge in [0.1, 0.15) is 0 Å². The molecule has 0 saturated heterocycles. The molecule has 7 heteroatoms. The van der Waals surface area contributed by atoms with Gasteiger partial charge in [0.2, 0.25) is 5.91 Å². The fraction of sp³-hybridized carbons (Fsp3) is 0.261. The Morgan fingerprint density at radius 1 is 1.20 bits per heavy atom. The Morgan fingerprint density at radius 2 is 2.03 bits per heavy atom. The lowest BCUT2D eigenvalue weighted by Crippen LogP contribution is -2.14. The van der Waals surface area contributed by atoms with E-state index < -0.39 is 0 Å². The molecule has 1 fully saturated rings. The van der Waals surface area contributed by atoms with Gasteiger partial charge in [-0.2, -0.15) is 5.10 Å². The van der Waals surface area contributed by atoms with E-state index in [0.717, 1.165) is 34.3 Å². The second-order valence-corrected chi connectivity index (χ2v) is 9.14. The smallest absolute Gasteiger partial charge is 0.229 e. The molecule has 2 aromatic heterocycles. The molecule has 6 nitrogen and oxygen atoms in total. The fourth-order valence-corrected chi connectivity index (χ4v) is 4.76. The predicted octanol–water partition coefficient (Wildman–Crippen LogP) is 4.49. The van der Waals surface area contributed by atoms with E-state index in [0.29, 0.717) is 11.0 Å². The van der Waals surface area contributed by atoms with Gasteiger partial charge in [-0.15, -0.1) is 0 Å². The Labute approximate surface area is 179 Å². The zero-order chi connectivity index (χ0) is 20.7. The summed E-state index contributed by atoms with van der Waals surface area (Å²) in [6.07, 6.45) is 4.56. The van der Waals surface area contributed by atoms with Crippen molar-refractivity contribution >= 4 is 32.6 Å². The second kappa shape index (κ2) is 7.66. The van der Waals surface area contributed by atoms with E-state index in [1.165, 1.54) is 22.5 Å². The molecular formula is C23H23N5OS. The highest BCUT2D eigenvalue weighted by Gasteiger charge is 2.44. The highest BCUT2D eigenvalue weighted by atomic mass is 32.1. The third kappa shape index (κ3) is 3.86. The maximum Gasteiger partial charge on any atom is 0.229 e. The van der Waals surface area contributed by atoms with Crippen molar-refractivity contribution in [3.05, 3.63) is 66.0 Å². The van der Waals surface area contributed by atoms with Crippen LogP contribution >= 0.6 is 11.3 Å². The van der Waals surface area contributed by atoms with Crippen LogP contribution in [0, 0.1) is 5.92 Å². The summed E-state index contributed by atoms with van der Waals surface area (Å²) < 4.78 is 1.05. The Hall–Kier alpha value is -3.03. The number of aromatic amines is 1. The molecule has 0 unspecified atom stereocenters. The first-order valence-corrected chi connectivity index (χ1v) is 10.8. The lowest BCUT2D eigenvalue weighted by atomic mass is 10.1. The van der Waals surface area contributed by atoms with Gasteiger partial charge in [0, 0.05) is 24.2 Å². The number of nitrogens with one attached hydrogen (secondary N) is 2. The SMILES string of the molecule is CN(C)Cc1ccc([C@H]2C[C@@H]2C(=O)Nc2nc3ccc(-c4cn[nH]c4)cc3s2)cc1. The van der Waals surface area contributed by atoms with E-state index >= 15 is 0 Å². The Morgan fingerprint density at radius 3 is 2.77 bits per heavy atom.